The number of halogens is 2. The topological polar surface area (TPSA) is 87.7 Å². The summed E-state index contributed by atoms with van der Waals surface area (Å²) in [5.41, 5.74) is 1.75. The summed E-state index contributed by atoms with van der Waals surface area (Å²) in [5, 5.41) is 4.91. The Morgan fingerprint density at radius 1 is 1.31 bits per heavy atom. The van der Waals surface area contributed by atoms with Gasteiger partial charge in [0.15, 0.2) is 0 Å². The van der Waals surface area contributed by atoms with Gasteiger partial charge < -0.3 is 20.3 Å². The molecule has 2 N–H and O–H groups in total. The molecule has 0 radical (unpaired) electrons. The van der Waals surface area contributed by atoms with E-state index >= 15 is 0 Å². The van der Waals surface area contributed by atoms with Gasteiger partial charge in [-0.05, 0) is 42.8 Å². The number of alkyl halides is 2. The van der Waals surface area contributed by atoms with Gasteiger partial charge in [-0.1, -0.05) is 5.92 Å². The van der Waals surface area contributed by atoms with Crippen molar-refractivity contribution in [3.63, 3.8) is 0 Å². The fraction of sp³-hybridized carbons (Fsp3) is 0.318. The van der Waals surface area contributed by atoms with Gasteiger partial charge in [0.2, 0.25) is 12.3 Å². The second kappa shape index (κ2) is 10.3. The normalized spacial score (nSPS) is 14.7. The Balaban J connectivity index is 1.71. The highest BCUT2D eigenvalue weighted by atomic mass is 32.1. The lowest BCUT2D eigenvalue weighted by atomic mass is 10.1. The summed E-state index contributed by atoms with van der Waals surface area (Å²) in [6.45, 7) is 2.61. The minimum absolute atomic E-state index is 0.00000982. The van der Waals surface area contributed by atoms with Crippen molar-refractivity contribution in [1.82, 2.24) is 5.32 Å². The number of nitrogens with one attached hydrogen (secondary N) is 2. The van der Waals surface area contributed by atoms with Gasteiger partial charge in [-0.25, -0.2) is 8.78 Å². The first-order valence-corrected chi connectivity index (χ1v) is 10.5. The number of morpholine rings is 1. The van der Waals surface area contributed by atoms with Crippen molar-refractivity contribution in [3.8, 4) is 12.3 Å². The number of terminal acetylenes is 1. The third-order valence-corrected chi connectivity index (χ3v) is 5.76. The van der Waals surface area contributed by atoms with Crippen LogP contribution in [0.15, 0.2) is 30.3 Å². The Bertz CT molecular complexity index is 1060. The molecule has 10 heteroatoms. The molecule has 2 heterocycles. The van der Waals surface area contributed by atoms with Crippen molar-refractivity contribution >= 4 is 40.4 Å². The summed E-state index contributed by atoms with van der Waals surface area (Å²) in [6, 6.07) is 6.47. The van der Waals surface area contributed by atoms with Crippen LogP contribution in [0, 0.1) is 19.3 Å². The van der Waals surface area contributed by atoms with Crippen LogP contribution in [0.3, 0.4) is 0 Å². The van der Waals surface area contributed by atoms with E-state index in [-0.39, 0.29) is 17.4 Å². The van der Waals surface area contributed by atoms with Crippen molar-refractivity contribution < 1.29 is 27.9 Å². The fourth-order valence-electron chi connectivity index (χ4n) is 3.21. The molecule has 1 atom stereocenters. The number of thiophene rings is 1. The molecule has 1 aromatic carbocycles. The second-order valence-corrected chi connectivity index (χ2v) is 8.13. The Kier molecular flexibility index (Phi) is 7.56. The highest BCUT2D eigenvalue weighted by Crippen LogP contribution is 2.25. The molecule has 32 heavy (non-hydrogen) atoms. The van der Waals surface area contributed by atoms with Gasteiger partial charge >= 0.3 is 0 Å². The molecule has 0 spiro atoms. The van der Waals surface area contributed by atoms with Gasteiger partial charge in [0, 0.05) is 24.3 Å². The molecule has 0 aliphatic carbocycles. The van der Waals surface area contributed by atoms with Gasteiger partial charge in [-0.2, -0.15) is 0 Å². The van der Waals surface area contributed by atoms with Crippen LogP contribution < -0.4 is 15.5 Å². The van der Waals surface area contributed by atoms with E-state index in [9.17, 15) is 23.2 Å². The van der Waals surface area contributed by atoms with Gasteiger partial charge in [0.25, 0.3) is 11.8 Å². The summed E-state index contributed by atoms with van der Waals surface area (Å²) >= 11 is 1.03. The number of hydrogen-bond acceptors (Lipinski definition) is 5. The third kappa shape index (κ3) is 5.69. The zero-order valence-corrected chi connectivity index (χ0v) is 18.0. The second-order valence-electron chi connectivity index (χ2n) is 7.05. The third-order valence-electron chi connectivity index (χ3n) is 4.75. The lowest BCUT2D eigenvalue weighted by Crippen LogP contribution is -2.44. The SMILES string of the molecule is C#Cc1ccc(C(=O)NC(CC(F)F)C(=O)Nc2ccc(N3CCOCC3=O)c(C)c2)s1. The van der Waals surface area contributed by atoms with Crippen LogP contribution in [0.1, 0.15) is 26.5 Å². The predicted octanol–water partition coefficient (Wildman–Crippen LogP) is 2.79. The molecule has 3 amide bonds. The van der Waals surface area contributed by atoms with E-state index in [0.717, 1.165) is 11.3 Å². The van der Waals surface area contributed by atoms with Crippen LogP contribution in [0.5, 0.6) is 0 Å². The van der Waals surface area contributed by atoms with E-state index in [0.29, 0.717) is 35.0 Å². The molecule has 1 fully saturated rings. The van der Waals surface area contributed by atoms with Crippen molar-refractivity contribution in [1.29, 1.82) is 0 Å². The maximum Gasteiger partial charge on any atom is 0.262 e. The standard InChI is InChI=1S/C22H21F2N3O4S/c1-3-15-5-7-18(32-15)22(30)26-16(11-19(23)24)21(29)25-14-4-6-17(13(2)10-14)27-8-9-31-12-20(27)28/h1,4-7,10,16,19H,8-9,11-12H2,2H3,(H,25,29)(H,26,30). The minimum atomic E-state index is -2.80. The van der Waals surface area contributed by atoms with Crippen molar-refractivity contribution in [3.05, 3.63) is 45.6 Å². The number of hydrogen-bond donors (Lipinski definition) is 2. The van der Waals surface area contributed by atoms with Crippen LogP contribution >= 0.6 is 11.3 Å². The van der Waals surface area contributed by atoms with Crippen molar-refractivity contribution in [2.75, 3.05) is 30.0 Å². The van der Waals surface area contributed by atoms with E-state index in [1.807, 2.05) is 0 Å². The molecule has 1 aromatic heterocycles. The Morgan fingerprint density at radius 3 is 2.72 bits per heavy atom. The monoisotopic (exact) mass is 461 g/mol. The molecule has 1 saturated heterocycles. The lowest BCUT2D eigenvalue weighted by molar-refractivity contribution is -0.125. The van der Waals surface area contributed by atoms with Crippen LogP contribution in [0.4, 0.5) is 20.2 Å². The molecule has 0 saturated carbocycles. The molecule has 2 aromatic rings. The number of carbonyl (C=O) groups excluding carboxylic acids is 3. The van der Waals surface area contributed by atoms with E-state index < -0.39 is 30.7 Å². The first-order chi connectivity index (χ1) is 15.3. The number of nitrogens with zero attached hydrogens (tertiary/aromatic N) is 1. The molecule has 3 rings (SSSR count). The first kappa shape index (κ1) is 23.4. The van der Waals surface area contributed by atoms with E-state index in [1.54, 1.807) is 36.1 Å². The van der Waals surface area contributed by atoms with E-state index in [4.69, 9.17) is 11.2 Å². The zero-order valence-electron chi connectivity index (χ0n) is 17.2. The van der Waals surface area contributed by atoms with Gasteiger partial charge in [-0.3, -0.25) is 14.4 Å². The summed E-state index contributed by atoms with van der Waals surface area (Å²) in [6.07, 6.45) is 1.64. The maximum atomic E-state index is 13.1. The summed E-state index contributed by atoms with van der Waals surface area (Å²) in [5.74, 6) is 0.784. The van der Waals surface area contributed by atoms with Crippen LogP contribution in [0.2, 0.25) is 0 Å². The minimum Gasteiger partial charge on any atom is -0.370 e. The Hall–Kier alpha value is -3.29. The number of benzene rings is 1. The molecule has 1 aliphatic rings. The van der Waals surface area contributed by atoms with Crippen molar-refractivity contribution in [2.45, 2.75) is 25.8 Å². The first-order valence-electron chi connectivity index (χ1n) is 9.73. The number of amides is 3. The largest absolute Gasteiger partial charge is 0.370 e. The number of aryl methyl sites for hydroxylation is 1. The average molecular weight is 461 g/mol. The van der Waals surface area contributed by atoms with E-state index in [2.05, 4.69) is 16.6 Å². The highest BCUT2D eigenvalue weighted by Gasteiger charge is 2.26. The number of ether oxygens (including phenoxy) is 1. The summed E-state index contributed by atoms with van der Waals surface area (Å²) in [4.78, 5) is 39.4. The van der Waals surface area contributed by atoms with Crippen LogP contribution in [-0.4, -0.2) is 49.9 Å². The average Bonchev–Trinajstić information content (AvgIpc) is 3.23. The number of rotatable bonds is 7. The van der Waals surface area contributed by atoms with Crippen LogP contribution in [0.25, 0.3) is 0 Å². The Morgan fingerprint density at radius 2 is 2.09 bits per heavy atom. The quantitative estimate of drug-likeness (QED) is 0.621. The molecular formula is C22H21F2N3O4S. The van der Waals surface area contributed by atoms with Gasteiger partial charge in [0.1, 0.15) is 12.6 Å². The van der Waals surface area contributed by atoms with Gasteiger partial charge in [-0.15, -0.1) is 17.8 Å². The number of anilines is 2. The lowest BCUT2D eigenvalue weighted by Gasteiger charge is -2.28. The molecule has 168 valence electrons. The molecule has 0 bridgehead atoms. The summed E-state index contributed by atoms with van der Waals surface area (Å²) in [7, 11) is 0. The molecule has 7 nitrogen and oxygen atoms in total. The zero-order chi connectivity index (χ0) is 23.3. The van der Waals surface area contributed by atoms with Gasteiger partial charge in [0.05, 0.1) is 16.4 Å². The molecular weight excluding hydrogens is 440 g/mol. The summed E-state index contributed by atoms with van der Waals surface area (Å²) < 4.78 is 31.2. The number of carbonyl (C=O) groups is 3. The fourth-order valence-corrected chi connectivity index (χ4v) is 3.93. The Labute approximate surface area is 187 Å². The highest BCUT2D eigenvalue weighted by molar-refractivity contribution is 7.14. The molecule has 1 unspecified atom stereocenters. The van der Waals surface area contributed by atoms with Crippen LogP contribution in [-0.2, 0) is 14.3 Å². The maximum absolute atomic E-state index is 13.1. The van der Waals surface area contributed by atoms with Crippen molar-refractivity contribution in [2.24, 2.45) is 0 Å². The molecule has 1 aliphatic heterocycles. The van der Waals surface area contributed by atoms with E-state index in [1.165, 1.54) is 6.07 Å². The smallest absolute Gasteiger partial charge is 0.262 e. The predicted molar refractivity (Wildman–Crippen MR) is 117 cm³/mol.